The lowest BCUT2D eigenvalue weighted by atomic mass is 10.0. The zero-order valence-electron chi connectivity index (χ0n) is 14.1. The van der Waals surface area contributed by atoms with E-state index in [1.165, 1.54) is 18.5 Å². The molecule has 0 N–H and O–H groups in total. The van der Waals surface area contributed by atoms with Gasteiger partial charge in [-0.3, -0.25) is 4.79 Å². The minimum atomic E-state index is -0.240. The molecule has 0 spiro atoms. The van der Waals surface area contributed by atoms with Crippen LogP contribution in [0.3, 0.4) is 0 Å². The van der Waals surface area contributed by atoms with Crippen LogP contribution in [0.25, 0.3) is 5.69 Å². The Balaban J connectivity index is 1.48. The van der Waals surface area contributed by atoms with Crippen LogP contribution in [0.4, 0.5) is 4.39 Å². The van der Waals surface area contributed by atoms with Crippen LogP contribution in [0.2, 0.25) is 0 Å². The predicted octanol–water partition coefficient (Wildman–Crippen LogP) is 2.65. The first-order valence-electron chi connectivity index (χ1n) is 8.59. The second kappa shape index (κ2) is 7.03. The van der Waals surface area contributed by atoms with E-state index in [4.69, 9.17) is 0 Å². The number of carbonyl (C=O) groups is 1. The average molecular weight is 351 g/mol. The fraction of sp³-hybridized carbons (Fsp3) is 0.263. The van der Waals surface area contributed by atoms with Crippen LogP contribution >= 0.6 is 0 Å². The summed E-state index contributed by atoms with van der Waals surface area (Å²) in [6.45, 7) is 0.749. The van der Waals surface area contributed by atoms with Gasteiger partial charge in [-0.05, 0) is 71.7 Å². The Morgan fingerprint density at radius 3 is 2.58 bits per heavy atom. The van der Waals surface area contributed by atoms with Crippen molar-refractivity contribution < 1.29 is 9.18 Å². The average Bonchev–Trinajstić information content (AvgIpc) is 3.35. The first kappa shape index (κ1) is 16.4. The highest BCUT2D eigenvalue weighted by atomic mass is 19.1. The standard InChI is InChI=1S/C19H18FN5O/c20-16-7-3-14(4-8-16)12-18-2-1-11-24(18)19(26)15-5-9-17(10-6-15)25-13-21-22-23-25/h3-10,13,18H,1-2,11-12H2. The van der Waals surface area contributed by atoms with Gasteiger partial charge in [-0.2, -0.15) is 0 Å². The van der Waals surface area contributed by atoms with Gasteiger partial charge in [-0.25, -0.2) is 9.07 Å². The lowest BCUT2D eigenvalue weighted by Gasteiger charge is -2.25. The first-order chi connectivity index (χ1) is 12.7. The van der Waals surface area contributed by atoms with Gasteiger partial charge >= 0.3 is 0 Å². The van der Waals surface area contributed by atoms with Gasteiger partial charge in [0.1, 0.15) is 12.1 Å². The number of likely N-dealkylation sites (tertiary alicyclic amines) is 1. The number of carbonyl (C=O) groups excluding carboxylic acids is 1. The molecule has 1 aliphatic rings. The van der Waals surface area contributed by atoms with E-state index in [9.17, 15) is 9.18 Å². The zero-order valence-corrected chi connectivity index (χ0v) is 14.1. The van der Waals surface area contributed by atoms with Crippen LogP contribution in [-0.4, -0.2) is 43.6 Å². The van der Waals surface area contributed by atoms with Crippen molar-refractivity contribution in [1.29, 1.82) is 0 Å². The highest BCUT2D eigenvalue weighted by Gasteiger charge is 2.29. The van der Waals surface area contributed by atoms with Gasteiger partial charge in [-0.1, -0.05) is 12.1 Å². The number of rotatable bonds is 4. The molecule has 6 nitrogen and oxygen atoms in total. The van der Waals surface area contributed by atoms with Crippen molar-refractivity contribution in [2.45, 2.75) is 25.3 Å². The maximum atomic E-state index is 13.1. The predicted molar refractivity (Wildman–Crippen MR) is 93.3 cm³/mol. The fourth-order valence-electron chi connectivity index (χ4n) is 3.41. The number of hydrogen-bond acceptors (Lipinski definition) is 4. The molecule has 7 heteroatoms. The molecule has 0 radical (unpaired) electrons. The molecule has 1 atom stereocenters. The van der Waals surface area contributed by atoms with Crippen LogP contribution in [0.15, 0.2) is 54.9 Å². The van der Waals surface area contributed by atoms with Gasteiger partial charge in [0.2, 0.25) is 0 Å². The highest BCUT2D eigenvalue weighted by molar-refractivity contribution is 5.94. The number of tetrazole rings is 1. The lowest BCUT2D eigenvalue weighted by Crippen LogP contribution is -2.36. The van der Waals surface area contributed by atoms with Crippen LogP contribution in [0.1, 0.15) is 28.8 Å². The number of halogens is 1. The van der Waals surface area contributed by atoms with Gasteiger partial charge in [0.05, 0.1) is 5.69 Å². The lowest BCUT2D eigenvalue weighted by molar-refractivity contribution is 0.0736. The van der Waals surface area contributed by atoms with E-state index in [-0.39, 0.29) is 17.8 Å². The molecule has 132 valence electrons. The molecule has 1 fully saturated rings. The Morgan fingerprint density at radius 2 is 1.88 bits per heavy atom. The molecular formula is C19H18FN5O. The van der Waals surface area contributed by atoms with Crippen molar-refractivity contribution in [3.8, 4) is 5.69 Å². The van der Waals surface area contributed by atoms with E-state index in [1.54, 1.807) is 28.9 Å². The molecular weight excluding hydrogens is 333 g/mol. The molecule has 0 aliphatic carbocycles. The van der Waals surface area contributed by atoms with Crippen LogP contribution < -0.4 is 0 Å². The van der Waals surface area contributed by atoms with Crippen molar-refractivity contribution in [3.05, 3.63) is 71.8 Å². The summed E-state index contributed by atoms with van der Waals surface area (Å²) in [5, 5.41) is 11.1. The van der Waals surface area contributed by atoms with Crippen molar-refractivity contribution in [3.63, 3.8) is 0 Å². The minimum Gasteiger partial charge on any atom is -0.335 e. The smallest absolute Gasteiger partial charge is 0.254 e. The van der Waals surface area contributed by atoms with Crippen molar-refractivity contribution in [2.24, 2.45) is 0 Å². The largest absolute Gasteiger partial charge is 0.335 e. The van der Waals surface area contributed by atoms with Gasteiger partial charge in [0, 0.05) is 18.2 Å². The van der Waals surface area contributed by atoms with E-state index in [0.29, 0.717) is 5.56 Å². The van der Waals surface area contributed by atoms with Gasteiger partial charge in [0.15, 0.2) is 0 Å². The second-order valence-electron chi connectivity index (χ2n) is 6.43. The molecule has 2 aromatic carbocycles. The first-order valence-corrected chi connectivity index (χ1v) is 8.59. The Morgan fingerprint density at radius 1 is 1.12 bits per heavy atom. The third kappa shape index (κ3) is 3.33. The molecule has 1 saturated heterocycles. The number of aromatic nitrogens is 4. The molecule has 3 aromatic rings. The van der Waals surface area contributed by atoms with Crippen LogP contribution in [0.5, 0.6) is 0 Å². The number of amides is 1. The van der Waals surface area contributed by atoms with Crippen molar-refractivity contribution in [2.75, 3.05) is 6.54 Å². The Bertz CT molecular complexity index is 877. The normalized spacial score (nSPS) is 16.8. The van der Waals surface area contributed by atoms with E-state index < -0.39 is 0 Å². The molecule has 0 saturated carbocycles. The Hall–Kier alpha value is -3.09. The number of nitrogens with zero attached hydrogens (tertiary/aromatic N) is 5. The summed E-state index contributed by atoms with van der Waals surface area (Å²) in [7, 11) is 0. The summed E-state index contributed by atoms with van der Waals surface area (Å²) in [6, 6.07) is 13.9. The Labute approximate surface area is 150 Å². The molecule has 26 heavy (non-hydrogen) atoms. The number of hydrogen-bond donors (Lipinski definition) is 0. The third-order valence-electron chi connectivity index (χ3n) is 4.75. The molecule has 4 rings (SSSR count). The topological polar surface area (TPSA) is 63.9 Å². The van der Waals surface area contributed by atoms with Crippen molar-refractivity contribution in [1.82, 2.24) is 25.1 Å². The van der Waals surface area contributed by atoms with Gasteiger partial charge in [0.25, 0.3) is 5.91 Å². The summed E-state index contributed by atoms with van der Waals surface area (Å²) < 4.78 is 14.6. The quantitative estimate of drug-likeness (QED) is 0.725. The monoisotopic (exact) mass is 351 g/mol. The number of benzene rings is 2. The van der Waals surface area contributed by atoms with E-state index in [1.807, 2.05) is 17.0 Å². The molecule has 2 heterocycles. The van der Waals surface area contributed by atoms with Crippen LogP contribution in [-0.2, 0) is 6.42 Å². The fourth-order valence-corrected chi connectivity index (χ4v) is 3.41. The summed E-state index contributed by atoms with van der Waals surface area (Å²) in [6.07, 6.45) is 4.21. The van der Waals surface area contributed by atoms with E-state index in [2.05, 4.69) is 15.5 Å². The second-order valence-corrected chi connectivity index (χ2v) is 6.43. The maximum absolute atomic E-state index is 13.1. The van der Waals surface area contributed by atoms with E-state index >= 15 is 0 Å². The van der Waals surface area contributed by atoms with Gasteiger partial charge < -0.3 is 4.90 Å². The molecule has 0 bridgehead atoms. The van der Waals surface area contributed by atoms with E-state index in [0.717, 1.165) is 37.1 Å². The zero-order chi connectivity index (χ0) is 17.9. The third-order valence-corrected chi connectivity index (χ3v) is 4.75. The molecule has 1 aromatic heterocycles. The summed E-state index contributed by atoms with van der Waals surface area (Å²) in [5.74, 6) is -0.214. The van der Waals surface area contributed by atoms with Crippen molar-refractivity contribution >= 4 is 5.91 Å². The summed E-state index contributed by atoms with van der Waals surface area (Å²) in [4.78, 5) is 14.8. The Kier molecular flexibility index (Phi) is 4.43. The highest BCUT2D eigenvalue weighted by Crippen LogP contribution is 2.24. The SMILES string of the molecule is O=C(c1ccc(-n2cnnn2)cc1)N1CCCC1Cc1ccc(F)cc1. The molecule has 1 amide bonds. The van der Waals surface area contributed by atoms with Crippen LogP contribution in [0, 0.1) is 5.82 Å². The summed E-state index contributed by atoms with van der Waals surface area (Å²) in [5.41, 5.74) is 2.49. The van der Waals surface area contributed by atoms with Gasteiger partial charge in [-0.15, -0.1) is 5.10 Å². The maximum Gasteiger partial charge on any atom is 0.254 e. The minimum absolute atomic E-state index is 0.0258. The molecule has 1 unspecified atom stereocenters. The molecule has 1 aliphatic heterocycles. The summed E-state index contributed by atoms with van der Waals surface area (Å²) >= 11 is 0.